The van der Waals surface area contributed by atoms with Gasteiger partial charge in [-0.25, -0.2) is 4.79 Å². The Morgan fingerprint density at radius 3 is 2.62 bits per heavy atom. The van der Waals surface area contributed by atoms with E-state index < -0.39 is 5.97 Å². The van der Waals surface area contributed by atoms with Gasteiger partial charge in [-0.05, 0) is 17.7 Å². The molecule has 0 N–H and O–H groups in total. The molecule has 0 atom stereocenters. The van der Waals surface area contributed by atoms with Crippen molar-refractivity contribution in [3.63, 3.8) is 0 Å². The van der Waals surface area contributed by atoms with Crippen LogP contribution in [0.2, 0.25) is 0 Å². The van der Waals surface area contributed by atoms with E-state index in [2.05, 4.69) is 4.74 Å². The Bertz CT molecular complexity index is 451. The summed E-state index contributed by atoms with van der Waals surface area (Å²) in [5.74, 6) is 0.0192. The predicted molar refractivity (Wildman–Crippen MR) is 58.6 cm³/mol. The van der Waals surface area contributed by atoms with Crippen LogP contribution in [0.4, 0.5) is 0 Å². The average Bonchev–Trinajstić information content (AvgIpc) is 2.35. The molecular weight excluding hydrogens is 230 g/mol. The number of halogens is 1. The average molecular weight is 240 g/mol. The first-order valence-electron chi connectivity index (χ1n) is 4.43. The van der Waals surface area contributed by atoms with Crippen LogP contribution < -0.4 is 4.74 Å². The lowest BCUT2D eigenvalue weighted by Gasteiger charge is -2.09. The molecule has 16 heavy (non-hydrogen) atoms. The summed E-state index contributed by atoms with van der Waals surface area (Å²) in [7, 11) is 2.73. The van der Waals surface area contributed by atoms with Crippen molar-refractivity contribution < 1.29 is 14.3 Å². The first kappa shape index (κ1) is 12.3. The van der Waals surface area contributed by atoms with Crippen LogP contribution in [0.5, 0.6) is 5.75 Å². The molecule has 1 aromatic carbocycles. The Labute approximate surface area is 98.3 Å². The van der Waals surface area contributed by atoms with Crippen LogP contribution in [0.15, 0.2) is 12.1 Å². The minimum absolute atomic E-state index is 0.107. The zero-order chi connectivity index (χ0) is 12.1. The maximum absolute atomic E-state index is 11.5. The van der Waals surface area contributed by atoms with Gasteiger partial charge in [-0.3, -0.25) is 0 Å². The molecule has 5 heteroatoms. The van der Waals surface area contributed by atoms with Gasteiger partial charge >= 0.3 is 5.97 Å². The monoisotopic (exact) mass is 239 g/mol. The van der Waals surface area contributed by atoms with Gasteiger partial charge in [-0.15, -0.1) is 11.6 Å². The van der Waals surface area contributed by atoms with E-state index in [4.69, 9.17) is 21.6 Å². The molecule has 0 saturated heterocycles. The number of ether oxygens (including phenoxy) is 2. The predicted octanol–water partition coefficient (Wildman–Crippen LogP) is 2.09. The lowest BCUT2D eigenvalue weighted by Crippen LogP contribution is -2.08. The van der Waals surface area contributed by atoms with Crippen LogP contribution in [0.25, 0.3) is 0 Å². The highest BCUT2D eigenvalue weighted by molar-refractivity contribution is 6.17. The Kier molecular flexibility index (Phi) is 4.15. The van der Waals surface area contributed by atoms with Crippen LogP contribution in [-0.4, -0.2) is 20.2 Å². The second-order valence-electron chi connectivity index (χ2n) is 2.95. The third-order valence-electron chi connectivity index (χ3n) is 2.08. The van der Waals surface area contributed by atoms with Crippen LogP contribution in [-0.2, 0) is 10.6 Å². The SMILES string of the molecule is COC(=O)c1c(C#N)cc(OC)cc1CCl. The molecule has 0 amide bonds. The Morgan fingerprint density at radius 2 is 2.19 bits per heavy atom. The Hall–Kier alpha value is -1.73. The third kappa shape index (κ3) is 2.26. The second kappa shape index (κ2) is 5.38. The fourth-order valence-electron chi connectivity index (χ4n) is 1.33. The van der Waals surface area contributed by atoms with Crippen molar-refractivity contribution in [2.45, 2.75) is 5.88 Å². The summed E-state index contributed by atoms with van der Waals surface area (Å²) in [6.07, 6.45) is 0. The number of methoxy groups -OCH3 is 2. The van der Waals surface area contributed by atoms with Gasteiger partial charge in [0.25, 0.3) is 0 Å². The molecule has 0 radical (unpaired) electrons. The molecule has 1 aromatic rings. The van der Waals surface area contributed by atoms with Gasteiger partial charge in [0.05, 0.1) is 25.3 Å². The van der Waals surface area contributed by atoms with Gasteiger partial charge in [0, 0.05) is 5.88 Å². The molecule has 0 saturated carbocycles. The maximum Gasteiger partial charge on any atom is 0.339 e. The van der Waals surface area contributed by atoms with Crippen molar-refractivity contribution >= 4 is 17.6 Å². The molecule has 84 valence electrons. The smallest absolute Gasteiger partial charge is 0.339 e. The first-order chi connectivity index (χ1) is 7.67. The van der Waals surface area contributed by atoms with Crippen LogP contribution in [0, 0.1) is 11.3 Å². The molecular formula is C11H10ClNO3. The minimum Gasteiger partial charge on any atom is -0.497 e. The molecule has 0 aliphatic carbocycles. The van der Waals surface area contributed by atoms with E-state index in [-0.39, 0.29) is 17.0 Å². The number of alkyl halides is 1. The topological polar surface area (TPSA) is 59.3 Å². The molecule has 0 bridgehead atoms. The van der Waals surface area contributed by atoms with Crippen molar-refractivity contribution in [3.8, 4) is 11.8 Å². The van der Waals surface area contributed by atoms with Gasteiger partial charge in [-0.1, -0.05) is 0 Å². The fourth-order valence-corrected chi connectivity index (χ4v) is 1.54. The highest BCUT2D eigenvalue weighted by atomic mass is 35.5. The van der Waals surface area contributed by atoms with Gasteiger partial charge in [0.1, 0.15) is 11.8 Å². The minimum atomic E-state index is -0.574. The Balaban J connectivity index is 3.45. The highest BCUT2D eigenvalue weighted by Gasteiger charge is 2.18. The van der Waals surface area contributed by atoms with Crippen LogP contribution >= 0.6 is 11.6 Å². The number of carbonyl (C=O) groups is 1. The van der Waals surface area contributed by atoms with E-state index in [9.17, 15) is 4.79 Å². The number of benzene rings is 1. The summed E-state index contributed by atoms with van der Waals surface area (Å²) in [5, 5.41) is 8.95. The summed E-state index contributed by atoms with van der Waals surface area (Å²) in [5.41, 5.74) is 0.909. The zero-order valence-electron chi connectivity index (χ0n) is 8.91. The van der Waals surface area contributed by atoms with Crippen LogP contribution in [0.3, 0.4) is 0 Å². The molecule has 0 unspecified atom stereocenters. The van der Waals surface area contributed by atoms with Gasteiger partial charge in [-0.2, -0.15) is 5.26 Å². The summed E-state index contributed by atoms with van der Waals surface area (Å²) in [6, 6.07) is 5.01. The molecule has 4 nitrogen and oxygen atoms in total. The van der Waals surface area contributed by atoms with E-state index >= 15 is 0 Å². The second-order valence-corrected chi connectivity index (χ2v) is 3.21. The van der Waals surface area contributed by atoms with Gasteiger partial charge < -0.3 is 9.47 Å². The number of nitrogens with zero attached hydrogens (tertiary/aromatic N) is 1. The first-order valence-corrected chi connectivity index (χ1v) is 4.96. The van der Waals surface area contributed by atoms with E-state index in [1.54, 1.807) is 6.07 Å². The molecule has 1 rings (SSSR count). The quantitative estimate of drug-likeness (QED) is 0.599. The number of rotatable bonds is 3. The van der Waals surface area contributed by atoms with Crippen molar-refractivity contribution in [3.05, 3.63) is 28.8 Å². The van der Waals surface area contributed by atoms with Crippen molar-refractivity contribution in [2.75, 3.05) is 14.2 Å². The zero-order valence-corrected chi connectivity index (χ0v) is 9.67. The number of nitriles is 1. The normalized spacial score (nSPS) is 9.38. The van der Waals surface area contributed by atoms with Gasteiger partial charge in [0.2, 0.25) is 0 Å². The highest BCUT2D eigenvalue weighted by Crippen LogP contribution is 2.24. The lowest BCUT2D eigenvalue weighted by molar-refractivity contribution is 0.0599. The van der Waals surface area contributed by atoms with Crippen molar-refractivity contribution in [1.29, 1.82) is 5.26 Å². The molecule has 0 aliphatic rings. The molecule has 0 aromatic heterocycles. The lowest BCUT2D eigenvalue weighted by atomic mass is 10.0. The number of esters is 1. The molecule has 0 fully saturated rings. The number of carbonyl (C=O) groups excluding carboxylic acids is 1. The number of hydrogen-bond acceptors (Lipinski definition) is 4. The van der Waals surface area contributed by atoms with Crippen molar-refractivity contribution in [2.24, 2.45) is 0 Å². The molecule has 0 spiro atoms. The third-order valence-corrected chi connectivity index (χ3v) is 2.37. The molecule has 0 heterocycles. The fraction of sp³-hybridized carbons (Fsp3) is 0.273. The maximum atomic E-state index is 11.5. The van der Waals surface area contributed by atoms with Crippen molar-refractivity contribution in [1.82, 2.24) is 0 Å². The van der Waals surface area contributed by atoms with E-state index in [0.717, 1.165) is 0 Å². The largest absolute Gasteiger partial charge is 0.497 e. The standard InChI is InChI=1S/C11H10ClNO3/c1-15-9-3-7(5-12)10(11(14)16-2)8(4-9)6-13/h3-4H,5H2,1-2H3. The van der Waals surface area contributed by atoms with E-state index in [0.29, 0.717) is 11.3 Å². The van der Waals surface area contributed by atoms with E-state index in [1.807, 2.05) is 6.07 Å². The Morgan fingerprint density at radius 1 is 1.50 bits per heavy atom. The summed E-state index contributed by atoms with van der Waals surface area (Å²) >= 11 is 5.72. The van der Waals surface area contributed by atoms with Gasteiger partial charge in [0.15, 0.2) is 0 Å². The number of hydrogen-bond donors (Lipinski definition) is 0. The summed E-state index contributed by atoms with van der Waals surface area (Å²) in [4.78, 5) is 11.5. The van der Waals surface area contributed by atoms with Crippen LogP contribution in [0.1, 0.15) is 21.5 Å². The summed E-state index contributed by atoms with van der Waals surface area (Å²) in [6.45, 7) is 0. The molecule has 0 aliphatic heterocycles. The summed E-state index contributed by atoms with van der Waals surface area (Å²) < 4.78 is 9.61. The van der Waals surface area contributed by atoms with E-state index in [1.165, 1.54) is 20.3 Å².